The van der Waals surface area contributed by atoms with Gasteiger partial charge < -0.3 is 0 Å². The van der Waals surface area contributed by atoms with Crippen LogP contribution in [-0.2, 0) is 10.9 Å². The van der Waals surface area contributed by atoms with Gasteiger partial charge in [-0.05, 0) is 6.08 Å². The van der Waals surface area contributed by atoms with Crippen molar-refractivity contribution in [3.05, 3.63) is 24.1 Å². The molecular formula is C6H11S+. The largest absolute Gasteiger partial charge is 0.118 e. The van der Waals surface area contributed by atoms with Gasteiger partial charge in [-0.3, -0.25) is 0 Å². The summed E-state index contributed by atoms with van der Waals surface area (Å²) in [5.41, 5.74) is 0. The molecule has 0 nitrogen and oxygen atoms in total. The second-order valence-electron chi connectivity index (χ2n) is 1.44. The molecule has 0 saturated heterocycles. The third-order valence-electron chi connectivity index (χ3n) is 0.487. The molecule has 0 aromatic heterocycles. The van der Waals surface area contributed by atoms with Gasteiger partial charge >= 0.3 is 0 Å². The van der Waals surface area contributed by atoms with Gasteiger partial charge in [-0.2, -0.15) is 0 Å². The maximum absolute atomic E-state index is 3.55. The van der Waals surface area contributed by atoms with Gasteiger partial charge in [0.25, 0.3) is 0 Å². The zero-order chi connectivity index (χ0) is 5.70. The molecule has 1 heteroatoms. The summed E-state index contributed by atoms with van der Waals surface area (Å²) in [7, 11) is 0.433. The zero-order valence-corrected chi connectivity index (χ0v) is 5.66. The standard InChI is InChI=1S/C6H11S/c1-4-5-6-7(2)3/h4-6H,1H2,2-3H3/q+1. The van der Waals surface area contributed by atoms with E-state index in [9.17, 15) is 0 Å². The quantitative estimate of drug-likeness (QED) is 0.378. The van der Waals surface area contributed by atoms with Crippen LogP contribution in [0, 0.1) is 0 Å². The molecular weight excluding hydrogens is 104 g/mol. The lowest BCUT2D eigenvalue weighted by Gasteiger charge is -1.77. The van der Waals surface area contributed by atoms with Crippen LogP contribution in [0.2, 0.25) is 0 Å². The predicted molar refractivity (Wildman–Crippen MR) is 38.6 cm³/mol. The first-order valence-electron chi connectivity index (χ1n) is 2.13. The first-order valence-corrected chi connectivity index (χ1v) is 4.23. The van der Waals surface area contributed by atoms with Crippen molar-refractivity contribution in [2.45, 2.75) is 0 Å². The molecule has 0 aromatic carbocycles. The van der Waals surface area contributed by atoms with Crippen molar-refractivity contribution in [3.8, 4) is 0 Å². The Balaban J connectivity index is 3.25. The Bertz CT molecular complexity index is 72.2. The van der Waals surface area contributed by atoms with Crippen molar-refractivity contribution in [1.29, 1.82) is 0 Å². The minimum atomic E-state index is 0.433. The minimum Gasteiger partial charge on any atom is -0.0989 e. The highest BCUT2D eigenvalue weighted by atomic mass is 32.2. The van der Waals surface area contributed by atoms with Gasteiger partial charge in [0.1, 0.15) is 17.9 Å². The molecule has 0 bridgehead atoms. The lowest BCUT2D eigenvalue weighted by molar-refractivity contribution is 2.08. The number of hydrogen-bond acceptors (Lipinski definition) is 0. The van der Waals surface area contributed by atoms with E-state index in [-0.39, 0.29) is 0 Å². The summed E-state index contributed by atoms with van der Waals surface area (Å²) in [5, 5.41) is 2.13. The second kappa shape index (κ2) is 4.00. The summed E-state index contributed by atoms with van der Waals surface area (Å²) < 4.78 is 0. The monoisotopic (exact) mass is 115 g/mol. The topological polar surface area (TPSA) is 0 Å². The molecule has 0 aromatic rings. The molecule has 0 radical (unpaired) electrons. The summed E-state index contributed by atoms with van der Waals surface area (Å²) in [6.07, 6.45) is 8.11. The number of hydrogen-bond donors (Lipinski definition) is 0. The summed E-state index contributed by atoms with van der Waals surface area (Å²) in [4.78, 5) is 0. The van der Waals surface area contributed by atoms with Crippen LogP contribution in [0.25, 0.3) is 0 Å². The summed E-state index contributed by atoms with van der Waals surface area (Å²) in [6.45, 7) is 3.55. The SMILES string of the molecule is C=CC=C[S+](C)C. The fourth-order valence-corrected chi connectivity index (χ4v) is 0.638. The third-order valence-corrected chi connectivity index (χ3v) is 1.19. The Morgan fingerprint density at radius 1 is 1.43 bits per heavy atom. The highest BCUT2D eigenvalue weighted by Crippen LogP contribution is 1.84. The van der Waals surface area contributed by atoms with E-state index in [0.29, 0.717) is 10.9 Å². The van der Waals surface area contributed by atoms with Gasteiger partial charge in [-0.25, -0.2) is 0 Å². The highest BCUT2D eigenvalue weighted by molar-refractivity contribution is 7.98. The number of allylic oxidation sites excluding steroid dienone is 2. The molecule has 0 heterocycles. The van der Waals surface area contributed by atoms with E-state index in [1.54, 1.807) is 6.08 Å². The van der Waals surface area contributed by atoms with Crippen molar-refractivity contribution in [2.75, 3.05) is 12.5 Å². The van der Waals surface area contributed by atoms with Gasteiger partial charge in [0.15, 0.2) is 0 Å². The van der Waals surface area contributed by atoms with Crippen LogP contribution < -0.4 is 0 Å². The molecule has 0 spiro atoms. The van der Waals surface area contributed by atoms with Crippen molar-refractivity contribution >= 4 is 10.9 Å². The van der Waals surface area contributed by atoms with Gasteiger partial charge in [0.2, 0.25) is 0 Å². The molecule has 7 heavy (non-hydrogen) atoms. The van der Waals surface area contributed by atoms with Crippen LogP contribution >= 0.6 is 0 Å². The second-order valence-corrected chi connectivity index (χ2v) is 3.48. The zero-order valence-electron chi connectivity index (χ0n) is 4.85. The van der Waals surface area contributed by atoms with Crippen LogP contribution in [0.3, 0.4) is 0 Å². The Morgan fingerprint density at radius 2 is 2.00 bits per heavy atom. The molecule has 0 rings (SSSR count). The maximum atomic E-state index is 3.55. The Morgan fingerprint density at radius 3 is 2.14 bits per heavy atom. The predicted octanol–water partition coefficient (Wildman–Crippen LogP) is 1.56. The molecule has 0 atom stereocenters. The lowest BCUT2D eigenvalue weighted by Crippen LogP contribution is -1.84. The highest BCUT2D eigenvalue weighted by Gasteiger charge is 1.87. The van der Waals surface area contributed by atoms with Gasteiger partial charge in [0.05, 0.1) is 0 Å². The Labute approximate surface area is 48.3 Å². The Kier molecular flexibility index (Phi) is 3.90. The van der Waals surface area contributed by atoms with Crippen molar-refractivity contribution in [2.24, 2.45) is 0 Å². The van der Waals surface area contributed by atoms with Crippen LogP contribution in [-0.4, -0.2) is 12.5 Å². The van der Waals surface area contributed by atoms with Crippen molar-refractivity contribution < 1.29 is 0 Å². The van der Waals surface area contributed by atoms with E-state index in [2.05, 4.69) is 24.5 Å². The lowest BCUT2D eigenvalue weighted by atomic mass is 10.6. The van der Waals surface area contributed by atoms with E-state index >= 15 is 0 Å². The van der Waals surface area contributed by atoms with E-state index in [1.807, 2.05) is 6.08 Å². The fourth-order valence-electron chi connectivity index (χ4n) is 0.213. The van der Waals surface area contributed by atoms with Crippen LogP contribution in [0.5, 0.6) is 0 Å². The molecule has 0 amide bonds. The first kappa shape index (κ1) is 6.83. The van der Waals surface area contributed by atoms with Crippen LogP contribution in [0.15, 0.2) is 24.1 Å². The molecule has 0 saturated carbocycles. The van der Waals surface area contributed by atoms with Crippen molar-refractivity contribution in [1.82, 2.24) is 0 Å². The smallest absolute Gasteiger partial charge is 0.0989 e. The van der Waals surface area contributed by atoms with Gasteiger partial charge in [-0.1, -0.05) is 12.7 Å². The molecule has 0 fully saturated rings. The summed E-state index contributed by atoms with van der Waals surface area (Å²) >= 11 is 0. The molecule has 0 aliphatic heterocycles. The van der Waals surface area contributed by atoms with Crippen LogP contribution in [0.4, 0.5) is 0 Å². The van der Waals surface area contributed by atoms with Gasteiger partial charge in [-0.15, -0.1) is 0 Å². The average molecular weight is 115 g/mol. The van der Waals surface area contributed by atoms with Crippen molar-refractivity contribution in [3.63, 3.8) is 0 Å². The molecule has 0 N–H and O–H groups in total. The molecule has 0 unspecified atom stereocenters. The summed E-state index contributed by atoms with van der Waals surface area (Å²) in [6, 6.07) is 0. The van der Waals surface area contributed by atoms with Gasteiger partial charge in [0, 0.05) is 10.9 Å². The normalized spacial score (nSPS) is 10.7. The van der Waals surface area contributed by atoms with E-state index in [0.717, 1.165) is 0 Å². The third kappa shape index (κ3) is 5.83. The fraction of sp³-hybridized carbons (Fsp3) is 0.333. The summed E-state index contributed by atoms with van der Waals surface area (Å²) in [5.74, 6) is 0. The number of rotatable bonds is 2. The van der Waals surface area contributed by atoms with E-state index in [1.165, 1.54) is 0 Å². The van der Waals surface area contributed by atoms with E-state index < -0.39 is 0 Å². The molecule has 40 valence electrons. The minimum absolute atomic E-state index is 0.433. The average Bonchev–Trinajstić information content (AvgIpc) is 1.61. The van der Waals surface area contributed by atoms with Crippen LogP contribution in [0.1, 0.15) is 0 Å². The van der Waals surface area contributed by atoms with E-state index in [4.69, 9.17) is 0 Å². The Hall–Kier alpha value is -0.170. The first-order chi connectivity index (χ1) is 3.27. The maximum Gasteiger partial charge on any atom is 0.118 e. The molecule has 0 aliphatic carbocycles. The molecule has 0 aliphatic rings.